The van der Waals surface area contributed by atoms with E-state index in [4.69, 9.17) is 4.74 Å². The number of hydrogen-bond donors (Lipinski definition) is 2. The highest BCUT2D eigenvalue weighted by molar-refractivity contribution is 6.00. The van der Waals surface area contributed by atoms with Gasteiger partial charge in [-0.1, -0.05) is 18.2 Å². The van der Waals surface area contributed by atoms with Gasteiger partial charge in [0.1, 0.15) is 5.60 Å². The molecule has 9 heteroatoms. The molecule has 0 fully saturated rings. The lowest BCUT2D eigenvalue weighted by Gasteiger charge is -2.36. The molecule has 174 valence electrons. The standard InChI is InChI=1S/C24H26N2O7/c1-24(2,3)33-23(32)19(22(30)31)15-9-18-20-14(10-25(18)21(29)16(15)11-27)8-13-6-4-5-7-17(13)26(20)12-28/h4-7,9,12,14,19-20,27H,8,10-11H2,1-3H3,(H,30,31). The molecule has 0 saturated heterocycles. The van der Waals surface area contributed by atoms with Crippen molar-refractivity contribution in [2.24, 2.45) is 5.92 Å². The summed E-state index contributed by atoms with van der Waals surface area (Å²) in [6.45, 7) is 4.42. The summed E-state index contributed by atoms with van der Waals surface area (Å²) in [5.74, 6) is -4.40. The van der Waals surface area contributed by atoms with Crippen molar-refractivity contribution in [3.63, 3.8) is 0 Å². The van der Waals surface area contributed by atoms with E-state index in [1.807, 2.05) is 24.3 Å². The minimum absolute atomic E-state index is 0.107. The molecule has 1 aromatic carbocycles. The number of ether oxygens (including phenoxy) is 1. The van der Waals surface area contributed by atoms with Gasteiger partial charge in [-0.3, -0.25) is 19.2 Å². The summed E-state index contributed by atoms with van der Waals surface area (Å²) < 4.78 is 6.77. The van der Waals surface area contributed by atoms with Crippen LogP contribution in [-0.4, -0.2) is 38.7 Å². The number of para-hydroxylation sites is 1. The van der Waals surface area contributed by atoms with Gasteiger partial charge in [-0.25, -0.2) is 0 Å². The third kappa shape index (κ3) is 3.82. The second-order valence-corrected chi connectivity index (χ2v) is 9.43. The third-order valence-electron chi connectivity index (χ3n) is 6.16. The fraction of sp³-hybridized carbons (Fsp3) is 0.417. The van der Waals surface area contributed by atoms with Crippen LogP contribution in [0.5, 0.6) is 0 Å². The van der Waals surface area contributed by atoms with Gasteiger partial charge in [-0.2, -0.15) is 0 Å². The van der Waals surface area contributed by atoms with Crippen LogP contribution in [0.25, 0.3) is 0 Å². The van der Waals surface area contributed by atoms with Crippen molar-refractivity contribution < 1.29 is 29.3 Å². The van der Waals surface area contributed by atoms with Gasteiger partial charge in [-0.15, -0.1) is 0 Å². The maximum atomic E-state index is 13.3. The molecule has 0 saturated carbocycles. The van der Waals surface area contributed by atoms with E-state index >= 15 is 0 Å². The van der Waals surface area contributed by atoms with Crippen molar-refractivity contribution in [2.75, 3.05) is 4.90 Å². The fourth-order valence-electron chi connectivity index (χ4n) is 4.91. The lowest BCUT2D eigenvalue weighted by Crippen LogP contribution is -2.37. The lowest BCUT2D eigenvalue weighted by atomic mass is 9.85. The van der Waals surface area contributed by atoms with Crippen LogP contribution in [0.3, 0.4) is 0 Å². The summed E-state index contributed by atoms with van der Waals surface area (Å²) in [4.78, 5) is 51.9. The molecule has 2 aliphatic heterocycles. The Bertz CT molecular complexity index is 1190. The normalized spacial score (nSPS) is 19.8. The highest BCUT2D eigenvalue weighted by atomic mass is 16.6. The van der Waals surface area contributed by atoms with E-state index in [0.29, 0.717) is 25.1 Å². The number of benzene rings is 1. The number of anilines is 1. The predicted molar refractivity (Wildman–Crippen MR) is 118 cm³/mol. The van der Waals surface area contributed by atoms with Gasteiger partial charge in [-0.05, 0) is 50.5 Å². The van der Waals surface area contributed by atoms with Crippen LogP contribution in [0.4, 0.5) is 5.69 Å². The largest absolute Gasteiger partial charge is 0.480 e. The van der Waals surface area contributed by atoms with E-state index in [0.717, 1.165) is 11.3 Å². The Kier molecular flexibility index (Phi) is 5.61. The van der Waals surface area contributed by atoms with Gasteiger partial charge in [0.2, 0.25) is 6.41 Å². The molecular weight excluding hydrogens is 428 g/mol. The molecule has 2 aromatic rings. The van der Waals surface area contributed by atoms with Gasteiger partial charge in [0.25, 0.3) is 5.56 Å². The number of carbonyl (C=O) groups is 3. The number of fused-ring (bicyclic) bond motifs is 4. The van der Waals surface area contributed by atoms with Crippen LogP contribution >= 0.6 is 0 Å². The molecule has 4 rings (SSSR count). The van der Waals surface area contributed by atoms with Gasteiger partial charge in [0, 0.05) is 29.4 Å². The monoisotopic (exact) mass is 454 g/mol. The summed E-state index contributed by atoms with van der Waals surface area (Å²) in [6, 6.07) is 8.43. The van der Waals surface area contributed by atoms with Crippen LogP contribution in [0.1, 0.15) is 55.1 Å². The van der Waals surface area contributed by atoms with E-state index in [9.17, 15) is 29.4 Å². The average molecular weight is 454 g/mol. The van der Waals surface area contributed by atoms with E-state index < -0.39 is 41.7 Å². The number of rotatable bonds is 5. The zero-order valence-electron chi connectivity index (χ0n) is 18.6. The molecule has 1 aromatic heterocycles. The molecule has 9 nitrogen and oxygen atoms in total. The number of esters is 1. The zero-order valence-corrected chi connectivity index (χ0v) is 18.6. The first kappa shape index (κ1) is 22.7. The number of hydrogen-bond acceptors (Lipinski definition) is 6. The maximum Gasteiger partial charge on any atom is 0.325 e. The molecule has 0 bridgehead atoms. The number of aliphatic carboxylic acids is 1. The molecule has 33 heavy (non-hydrogen) atoms. The summed E-state index contributed by atoms with van der Waals surface area (Å²) in [7, 11) is 0. The first-order valence-corrected chi connectivity index (χ1v) is 10.7. The van der Waals surface area contributed by atoms with Gasteiger partial charge in [0.05, 0.1) is 12.6 Å². The van der Waals surface area contributed by atoms with Gasteiger partial charge in [0.15, 0.2) is 5.92 Å². The lowest BCUT2D eigenvalue weighted by molar-refractivity contribution is -0.162. The molecular formula is C24H26N2O7. The minimum Gasteiger partial charge on any atom is -0.480 e. The van der Waals surface area contributed by atoms with Crippen LogP contribution in [0, 0.1) is 5.92 Å². The Morgan fingerprint density at radius 2 is 1.97 bits per heavy atom. The van der Waals surface area contributed by atoms with Crippen molar-refractivity contribution in [3.8, 4) is 0 Å². The number of amides is 1. The summed E-state index contributed by atoms with van der Waals surface area (Å²) >= 11 is 0. The van der Waals surface area contributed by atoms with Crippen LogP contribution in [0.2, 0.25) is 0 Å². The van der Waals surface area contributed by atoms with Crippen molar-refractivity contribution >= 4 is 24.0 Å². The Hall–Kier alpha value is -3.46. The molecule has 2 N–H and O–H groups in total. The number of nitrogens with zero attached hydrogens (tertiary/aromatic N) is 2. The Labute approximate surface area is 190 Å². The van der Waals surface area contributed by atoms with Crippen LogP contribution < -0.4 is 10.5 Å². The van der Waals surface area contributed by atoms with Crippen LogP contribution in [-0.2, 0) is 38.7 Å². The molecule has 0 radical (unpaired) electrons. The predicted octanol–water partition coefficient (Wildman–Crippen LogP) is 1.74. The number of pyridine rings is 1. The zero-order chi connectivity index (χ0) is 24.1. The minimum atomic E-state index is -1.79. The second-order valence-electron chi connectivity index (χ2n) is 9.43. The van der Waals surface area contributed by atoms with E-state index in [-0.39, 0.29) is 17.0 Å². The molecule has 3 unspecified atom stereocenters. The summed E-state index contributed by atoms with van der Waals surface area (Å²) in [5, 5.41) is 19.8. The first-order chi connectivity index (χ1) is 15.6. The number of carboxylic acid groups (broad SMARTS) is 1. The topological polar surface area (TPSA) is 126 Å². The quantitative estimate of drug-likeness (QED) is 0.400. The molecule has 2 aliphatic rings. The molecule has 1 amide bonds. The van der Waals surface area contributed by atoms with E-state index in [1.165, 1.54) is 10.6 Å². The number of aliphatic hydroxyl groups excluding tert-OH is 1. The van der Waals surface area contributed by atoms with Gasteiger partial charge < -0.3 is 24.4 Å². The highest BCUT2D eigenvalue weighted by Crippen LogP contribution is 2.45. The van der Waals surface area contributed by atoms with Crippen molar-refractivity contribution in [1.82, 2.24) is 4.57 Å². The molecule has 0 spiro atoms. The Morgan fingerprint density at radius 3 is 2.58 bits per heavy atom. The molecule has 3 atom stereocenters. The summed E-state index contributed by atoms with van der Waals surface area (Å²) in [5.41, 5.74) is 0.364. The number of carboxylic acids is 1. The Balaban J connectivity index is 1.88. The van der Waals surface area contributed by atoms with Crippen molar-refractivity contribution in [3.05, 3.63) is 63.1 Å². The number of aromatic nitrogens is 1. The van der Waals surface area contributed by atoms with Crippen LogP contribution in [0.15, 0.2) is 35.1 Å². The first-order valence-electron chi connectivity index (χ1n) is 10.7. The molecule has 3 heterocycles. The highest BCUT2D eigenvalue weighted by Gasteiger charge is 2.44. The van der Waals surface area contributed by atoms with Crippen molar-refractivity contribution in [1.29, 1.82) is 0 Å². The third-order valence-corrected chi connectivity index (χ3v) is 6.16. The van der Waals surface area contributed by atoms with E-state index in [2.05, 4.69) is 0 Å². The fourth-order valence-corrected chi connectivity index (χ4v) is 4.91. The Morgan fingerprint density at radius 1 is 1.27 bits per heavy atom. The summed E-state index contributed by atoms with van der Waals surface area (Å²) in [6.07, 6.45) is 1.34. The average Bonchev–Trinajstić information content (AvgIpc) is 3.09. The van der Waals surface area contributed by atoms with E-state index in [1.54, 1.807) is 25.7 Å². The maximum absolute atomic E-state index is 13.3. The molecule has 0 aliphatic carbocycles. The van der Waals surface area contributed by atoms with Gasteiger partial charge >= 0.3 is 11.9 Å². The number of carbonyl (C=O) groups excluding carboxylic acids is 2. The smallest absolute Gasteiger partial charge is 0.325 e. The number of aliphatic hydroxyl groups is 1. The SMILES string of the molecule is CC(C)(C)OC(=O)C(C(=O)O)c1cc2n(c(=O)c1CO)CC1Cc3ccccc3N(C=O)C21. The second kappa shape index (κ2) is 8.15. The van der Waals surface area contributed by atoms with Crippen molar-refractivity contribution in [2.45, 2.75) is 57.9 Å².